The minimum Gasteiger partial charge on any atom is -0.490 e. The number of para-hydroxylation sites is 1. The topological polar surface area (TPSA) is 59.9 Å². The summed E-state index contributed by atoms with van der Waals surface area (Å²) >= 11 is 3.27. The van der Waals surface area contributed by atoms with Crippen LogP contribution in [0.5, 0.6) is 11.5 Å². The number of alkyl halides is 2. The molecule has 8 heteroatoms. The van der Waals surface area contributed by atoms with E-state index in [0.717, 1.165) is 0 Å². The molecule has 0 unspecified atom stereocenters. The number of hydrazone groups is 1. The Labute approximate surface area is 151 Å². The quantitative estimate of drug-likeness (QED) is 0.547. The van der Waals surface area contributed by atoms with E-state index in [0.29, 0.717) is 16.6 Å². The van der Waals surface area contributed by atoms with Crippen LogP contribution in [-0.2, 0) is 0 Å². The van der Waals surface area contributed by atoms with E-state index in [1.807, 2.05) is 0 Å². The molecule has 132 valence electrons. The van der Waals surface area contributed by atoms with E-state index in [9.17, 15) is 13.6 Å². The second-order valence-electron chi connectivity index (χ2n) is 4.66. The molecule has 0 saturated carbocycles. The van der Waals surface area contributed by atoms with Gasteiger partial charge in [-0.15, -0.1) is 0 Å². The molecule has 0 aliphatic carbocycles. The predicted molar refractivity (Wildman–Crippen MR) is 93.4 cm³/mol. The Morgan fingerprint density at radius 2 is 2.04 bits per heavy atom. The van der Waals surface area contributed by atoms with Gasteiger partial charge in [0.2, 0.25) is 0 Å². The van der Waals surface area contributed by atoms with Gasteiger partial charge in [0.25, 0.3) is 5.91 Å². The molecule has 0 fully saturated rings. The largest absolute Gasteiger partial charge is 0.490 e. The van der Waals surface area contributed by atoms with E-state index in [4.69, 9.17) is 4.74 Å². The molecule has 2 rings (SSSR count). The van der Waals surface area contributed by atoms with Gasteiger partial charge in [-0.25, -0.2) is 5.43 Å². The third-order valence-electron chi connectivity index (χ3n) is 3.00. The highest BCUT2D eigenvalue weighted by Gasteiger charge is 2.15. The van der Waals surface area contributed by atoms with E-state index in [2.05, 4.69) is 31.2 Å². The van der Waals surface area contributed by atoms with Crippen molar-refractivity contribution in [3.8, 4) is 11.5 Å². The van der Waals surface area contributed by atoms with E-state index in [1.54, 1.807) is 37.3 Å². The number of carbonyl (C=O) groups is 1. The molecule has 0 heterocycles. The molecule has 5 nitrogen and oxygen atoms in total. The fourth-order valence-electron chi connectivity index (χ4n) is 1.98. The number of ether oxygens (including phenoxy) is 2. The summed E-state index contributed by atoms with van der Waals surface area (Å²) in [7, 11) is 0. The van der Waals surface area contributed by atoms with Crippen molar-refractivity contribution in [3.05, 3.63) is 58.1 Å². The third kappa shape index (κ3) is 5.25. The lowest BCUT2D eigenvalue weighted by Gasteiger charge is -2.13. The van der Waals surface area contributed by atoms with Crippen molar-refractivity contribution < 1.29 is 23.0 Å². The lowest BCUT2D eigenvalue weighted by molar-refractivity contribution is -0.0515. The first-order chi connectivity index (χ1) is 12.0. The van der Waals surface area contributed by atoms with Gasteiger partial charge in [-0.1, -0.05) is 18.2 Å². The molecule has 2 aromatic carbocycles. The fraction of sp³-hybridized carbons (Fsp3) is 0.176. The average Bonchev–Trinajstić information content (AvgIpc) is 2.57. The van der Waals surface area contributed by atoms with Gasteiger partial charge in [0.05, 0.1) is 18.4 Å². The summed E-state index contributed by atoms with van der Waals surface area (Å²) < 4.78 is 35.7. The van der Waals surface area contributed by atoms with Gasteiger partial charge in [-0.3, -0.25) is 4.79 Å². The van der Waals surface area contributed by atoms with Gasteiger partial charge in [0.1, 0.15) is 0 Å². The summed E-state index contributed by atoms with van der Waals surface area (Å²) in [6.45, 7) is -0.993. The average molecular weight is 413 g/mol. The number of hydrogen-bond donors (Lipinski definition) is 1. The minimum absolute atomic E-state index is 0.141. The number of hydrogen-bond acceptors (Lipinski definition) is 4. The summed E-state index contributed by atoms with van der Waals surface area (Å²) in [6.07, 6.45) is 1.22. The lowest BCUT2D eigenvalue weighted by atomic mass is 10.2. The zero-order valence-electron chi connectivity index (χ0n) is 13.2. The van der Waals surface area contributed by atoms with Crippen LogP contribution in [0.15, 0.2) is 52.0 Å². The summed E-state index contributed by atoms with van der Waals surface area (Å²) in [5, 5.41) is 3.80. The number of rotatable bonds is 7. The second kappa shape index (κ2) is 9.12. The van der Waals surface area contributed by atoms with Crippen LogP contribution in [-0.4, -0.2) is 25.3 Å². The van der Waals surface area contributed by atoms with Crippen molar-refractivity contribution in [1.29, 1.82) is 0 Å². The number of nitrogens with zero attached hydrogens (tertiary/aromatic N) is 1. The second-order valence-corrected chi connectivity index (χ2v) is 5.52. The van der Waals surface area contributed by atoms with Crippen molar-refractivity contribution >= 4 is 28.1 Å². The highest BCUT2D eigenvalue weighted by Crippen LogP contribution is 2.31. The van der Waals surface area contributed by atoms with Gasteiger partial charge >= 0.3 is 6.61 Å². The number of carbonyl (C=O) groups excluding carboxylic acids is 1. The summed E-state index contributed by atoms with van der Waals surface area (Å²) in [6, 6.07) is 11.5. The molecule has 0 aromatic heterocycles. The molecule has 0 bridgehead atoms. The van der Waals surface area contributed by atoms with Crippen LogP contribution in [0.2, 0.25) is 0 Å². The first-order valence-corrected chi connectivity index (χ1v) is 8.10. The molecule has 0 radical (unpaired) electrons. The van der Waals surface area contributed by atoms with Crippen LogP contribution in [0.25, 0.3) is 0 Å². The zero-order valence-corrected chi connectivity index (χ0v) is 14.8. The third-order valence-corrected chi connectivity index (χ3v) is 3.70. The van der Waals surface area contributed by atoms with Gasteiger partial charge < -0.3 is 9.47 Å². The molecule has 25 heavy (non-hydrogen) atoms. The van der Waals surface area contributed by atoms with Gasteiger partial charge in [0, 0.05) is 10.0 Å². The predicted octanol–water partition coefficient (Wildman–Crippen LogP) is 4.21. The van der Waals surface area contributed by atoms with E-state index < -0.39 is 12.5 Å². The monoisotopic (exact) mass is 412 g/mol. The molecule has 0 aliphatic rings. The molecular weight excluding hydrogens is 398 g/mol. The Kier molecular flexibility index (Phi) is 6.88. The summed E-state index contributed by atoms with van der Waals surface area (Å²) in [5.41, 5.74) is 2.98. The highest BCUT2D eigenvalue weighted by atomic mass is 79.9. The molecule has 0 atom stereocenters. The lowest BCUT2D eigenvalue weighted by Crippen LogP contribution is -2.18. The van der Waals surface area contributed by atoms with Crippen LogP contribution in [0, 0.1) is 0 Å². The van der Waals surface area contributed by atoms with Crippen molar-refractivity contribution in [1.82, 2.24) is 5.43 Å². The van der Waals surface area contributed by atoms with Crippen LogP contribution >= 0.6 is 15.9 Å². The Hall–Kier alpha value is -2.48. The maximum Gasteiger partial charge on any atom is 0.387 e. The molecule has 1 N–H and O–H groups in total. The number of nitrogens with one attached hydrogen (secondary N) is 1. The number of benzene rings is 2. The highest BCUT2D eigenvalue weighted by molar-refractivity contribution is 9.10. The van der Waals surface area contributed by atoms with Crippen molar-refractivity contribution in [3.63, 3.8) is 0 Å². The smallest absolute Gasteiger partial charge is 0.387 e. The SMILES string of the molecule is CCOc1cccc(/C=N\NC(=O)c2ccccc2Br)c1OC(F)F. The summed E-state index contributed by atoms with van der Waals surface area (Å²) in [5.74, 6) is -0.414. The maximum atomic E-state index is 12.6. The molecule has 0 spiro atoms. The van der Waals surface area contributed by atoms with Crippen molar-refractivity contribution in [2.45, 2.75) is 13.5 Å². The Morgan fingerprint density at radius 1 is 1.28 bits per heavy atom. The molecule has 0 saturated heterocycles. The van der Waals surface area contributed by atoms with E-state index in [-0.39, 0.29) is 17.1 Å². The van der Waals surface area contributed by atoms with Crippen molar-refractivity contribution in [2.24, 2.45) is 5.10 Å². The van der Waals surface area contributed by atoms with Crippen LogP contribution in [0.4, 0.5) is 8.78 Å². The number of halogens is 3. The maximum absolute atomic E-state index is 12.6. The molecule has 1 amide bonds. The normalized spacial score (nSPS) is 10.9. The van der Waals surface area contributed by atoms with E-state index in [1.165, 1.54) is 18.3 Å². The fourth-order valence-corrected chi connectivity index (χ4v) is 2.45. The number of amides is 1. The van der Waals surface area contributed by atoms with Crippen molar-refractivity contribution in [2.75, 3.05) is 6.61 Å². The first kappa shape index (κ1) is 18.9. The Bertz CT molecular complexity index is 769. The molecule has 2 aromatic rings. The molecule has 0 aliphatic heterocycles. The van der Waals surface area contributed by atoms with Gasteiger partial charge in [0.15, 0.2) is 11.5 Å². The molecular formula is C17H15BrF2N2O3. The zero-order chi connectivity index (χ0) is 18.2. The van der Waals surface area contributed by atoms with Crippen LogP contribution < -0.4 is 14.9 Å². The van der Waals surface area contributed by atoms with Gasteiger partial charge in [-0.05, 0) is 47.1 Å². The van der Waals surface area contributed by atoms with Crippen LogP contribution in [0.3, 0.4) is 0 Å². The van der Waals surface area contributed by atoms with E-state index >= 15 is 0 Å². The minimum atomic E-state index is -3.01. The first-order valence-electron chi connectivity index (χ1n) is 7.31. The standard InChI is InChI=1S/C17H15BrF2N2O3/c1-2-24-14-9-5-6-11(15(14)25-17(19)20)10-21-22-16(23)12-7-3-4-8-13(12)18/h3-10,17H,2H2,1H3,(H,22,23)/b21-10-. The Morgan fingerprint density at radius 3 is 2.72 bits per heavy atom. The van der Waals surface area contributed by atoms with Crippen LogP contribution in [0.1, 0.15) is 22.8 Å². The summed E-state index contributed by atoms with van der Waals surface area (Å²) in [4.78, 5) is 12.1. The Balaban J connectivity index is 2.18. The van der Waals surface area contributed by atoms with Gasteiger partial charge in [-0.2, -0.15) is 13.9 Å².